The Morgan fingerprint density at radius 1 is 0.439 bits per heavy atom. The van der Waals surface area contributed by atoms with Gasteiger partial charge in [-0.05, 0) is 128 Å². The second kappa shape index (κ2) is 41.7. The van der Waals surface area contributed by atoms with Crippen molar-refractivity contribution in [1.29, 1.82) is 0 Å². The van der Waals surface area contributed by atoms with Crippen LogP contribution in [-0.2, 0) is 90.5 Å². The second-order valence-corrected chi connectivity index (χ2v) is 45.1. The van der Waals surface area contributed by atoms with E-state index in [4.69, 9.17) is 62.4 Å². The van der Waals surface area contributed by atoms with Crippen LogP contribution < -0.4 is 0 Å². The fraction of sp³-hybridized carbons (Fsp3) is 0.583. The number of aliphatic carboxylic acids is 1. The highest BCUT2D eigenvalue weighted by atomic mass is 16.7. The third kappa shape index (κ3) is 18.3. The number of carbonyl (C=O) groups excluding carboxylic acids is 11. The number of hydrogen-bond donors (Lipinski definition) is 10. The number of Topliss-reactive ketones (excluding diaryl/α,β-unsaturated/α-hetero) is 3. The molecule has 5 aromatic carbocycles. The van der Waals surface area contributed by atoms with E-state index in [1.54, 1.807) is 203 Å². The van der Waals surface area contributed by atoms with Crippen molar-refractivity contribution in [3.8, 4) is 0 Å². The molecule has 148 heavy (non-hydrogen) atoms. The summed E-state index contributed by atoms with van der Waals surface area (Å²) in [6.07, 6.45) is -14.0. The van der Waals surface area contributed by atoms with Gasteiger partial charge in [-0.1, -0.05) is 213 Å². The summed E-state index contributed by atoms with van der Waals surface area (Å²) in [6.45, 7) is 34.7. The minimum Gasteiger partial charge on any atom is -0.480 e. The summed E-state index contributed by atoms with van der Waals surface area (Å²) in [5.41, 5.74) is -11.9. The van der Waals surface area contributed by atoms with Gasteiger partial charge in [-0.2, -0.15) is 0 Å². The summed E-state index contributed by atoms with van der Waals surface area (Å²) in [4.78, 5) is 159. The summed E-state index contributed by atoms with van der Waals surface area (Å²) in [5.74, 6) is -13.2. The first-order valence-electron chi connectivity index (χ1n) is 50.6. The van der Waals surface area contributed by atoms with Crippen LogP contribution in [0.5, 0.6) is 0 Å². The number of carboxylic acid groups (broad SMARTS) is 1. The Hall–Kier alpha value is -10.9. The Morgan fingerprint density at radius 2 is 0.736 bits per heavy atom. The fourth-order valence-corrected chi connectivity index (χ4v) is 28.2. The van der Waals surface area contributed by atoms with E-state index in [9.17, 15) is 88.8 Å². The maximum absolute atomic E-state index is 15.0. The molecule has 9 aliphatic carbocycles. The lowest BCUT2D eigenvalue weighted by atomic mass is 9.42. The fourth-order valence-electron chi connectivity index (χ4n) is 28.2. The minimum absolute atomic E-state index is 0. The standard InChI is InChI=1S/C40H48O11.C31H40O8.C30H38O9.C11H13NO.C2H4O3.CH4/c1-21(25-14-10-8-11-15-25)31(43)36(46)49-27-19-40(47)34(50-35(45)26-16-12-9-13-17-26)32-38(7,33(44)23(3)30(22(27)2)37(40,5)6)28(42)18-29-39(32,20-48-29)51-24(4)41;1-16-13-22-30(15-37-22,39-19(4)32)24-26(38-27(35)20-11-9-8-10-12-20)31(36)14-21(33)17(2)23(28(31,5)6)18(3)25(34)29(16,24)7;1-15-19(32)13-30(36)25(38-26(35)18-10-8-7-9-11-18)23-28(6,24(34)16(2)22(15)27(30,4)5)20(33)12-21-29(23,14-37-21)39-17(3)31;1-8-10(12(2)11(8)13)9-6-4-3-5-7-9;3-1-2(4)5;/h8-17,21,23,27-29,31-32,34,42-43,47H,18-20H2,1-7H3;8-12,16,18,21-22,24,26,33,36H,13-15H2,1-7H3;7-11,16,19-21,23,25,32-33,36H,12-14H2,1-6H3;3-8,10H,1-2H3;3H,1H2,(H,4,5);1H4/t21-,23+,27-,28-,29+,31+,32-,34?,38+,39-,40+;16-,18+,21-,22+,24-,26-,29+,30-,31+;16-,19+,20+,21-,23+,25+,28-,29+,30-;8-,10-;;/m0011../s1. The molecule has 0 aromatic heterocycles. The molecule has 5 aromatic rings. The smallest absolute Gasteiger partial charge is 0.338 e. The number of hydrogen-bond acceptors (Lipinski definition) is 31. The topological polar surface area (TPSA) is 503 Å². The summed E-state index contributed by atoms with van der Waals surface area (Å²) in [7, 11) is 1.86. The number of esters is 7. The largest absolute Gasteiger partial charge is 0.480 e. The van der Waals surface area contributed by atoms with Crippen molar-refractivity contribution < 1.29 is 156 Å². The first kappa shape index (κ1) is 114. The van der Waals surface area contributed by atoms with Crippen molar-refractivity contribution in [3.05, 3.63) is 213 Å². The number of ether oxygens (including phenoxy) is 10. The lowest BCUT2D eigenvalue weighted by molar-refractivity contribution is -0.345. The van der Waals surface area contributed by atoms with Crippen molar-refractivity contribution in [2.45, 2.75) is 310 Å². The average Bonchev–Trinajstić information content (AvgIpc) is 0.676. The predicted molar refractivity (Wildman–Crippen MR) is 535 cm³/mol. The van der Waals surface area contributed by atoms with Gasteiger partial charge in [0.05, 0.1) is 101 Å². The SMILES string of the molecule is C.CC(=O)O[C@@]12CO[C@@H]1C[C@H](C)[C@@]1(C)C(=O)[C@H](C)C3=C(C)[C@@H](O)C[C@@](O)([C@@H](OC(=O)c4ccccc4)[C@H]21)C3(C)C.CC(=O)O[C@@]12CO[C@@H]1C[C@H](O)[C@@]1(C)C(=O)[C@H](C)C3=C(C)[C@@H](O)C[C@@](O)([C@@H](OC(=O)c4ccccc4)[C@H]21)C3(C)C.CC(=O)O[C@@]12CO[C@@H]1C[C@H](O)[C@@]1(C)C(=O)[C@H](C)C3=C(C)[C@@H](OC(=O)[C@H](O)[C@@H](C)c4ccccc4)C[C@@](O)(C(OC(=O)c4ccccc4)[C@H]21)C3(C)C.C[C@H]1C(=O)N(C)[C@H]1c1ccccc1.O=C(O)CO. The number of carbonyl (C=O) groups is 12. The van der Waals surface area contributed by atoms with Crippen LogP contribution in [0.3, 0.4) is 0 Å². The number of fused-ring (bicyclic) bond motifs is 15. The Balaban J connectivity index is 0.000000171. The summed E-state index contributed by atoms with van der Waals surface area (Å²) >= 11 is 0. The Morgan fingerprint density at radius 3 is 1.05 bits per heavy atom. The van der Waals surface area contributed by atoms with Gasteiger partial charge in [0, 0.05) is 105 Å². The van der Waals surface area contributed by atoms with Gasteiger partial charge < -0.3 is 103 Å². The van der Waals surface area contributed by atoms with Gasteiger partial charge in [-0.25, -0.2) is 24.0 Å². The van der Waals surface area contributed by atoms with E-state index >= 15 is 4.79 Å². The van der Waals surface area contributed by atoms with Crippen molar-refractivity contribution in [1.82, 2.24) is 4.90 Å². The van der Waals surface area contributed by atoms with Crippen LogP contribution >= 0.6 is 0 Å². The summed E-state index contributed by atoms with van der Waals surface area (Å²) in [5, 5.41) is 111. The van der Waals surface area contributed by atoms with Gasteiger partial charge in [0.1, 0.15) is 83.5 Å². The molecular formula is C115H147NO32. The van der Waals surface area contributed by atoms with Gasteiger partial charge in [-0.15, -0.1) is 0 Å². The van der Waals surface area contributed by atoms with Gasteiger partial charge in [0.2, 0.25) is 5.91 Å². The van der Waals surface area contributed by atoms with Crippen LogP contribution in [0.15, 0.2) is 185 Å². The van der Waals surface area contributed by atoms with Gasteiger partial charge in [0.15, 0.2) is 22.9 Å². The monoisotopic (exact) mass is 2050 g/mol. The molecule has 31 atom stereocenters. The Labute approximate surface area is 863 Å². The lowest BCUT2D eigenvalue weighted by Gasteiger charge is -2.68. The molecule has 33 heteroatoms. The highest BCUT2D eigenvalue weighted by Gasteiger charge is 2.82. The quantitative estimate of drug-likeness (QED) is 0.0201. The molecule has 33 nitrogen and oxygen atoms in total. The molecule has 4 saturated heterocycles. The molecule has 18 rings (SSSR count). The van der Waals surface area contributed by atoms with E-state index in [-0.39, 0.29) is 111 Å². The zero-order valence-corrected chi connectivity index (χ0v) is 87.6. The third-order valence-electron chi connectivity index (χ3n) is 36.4. The first-order valence-corrected chi connectivity index (χ1v) is 50.6. The molecule has 4 aliphatic heterocycles. The molecule has 1 unspecified atom stereocenters. The molecule has 6 saturated carbocycles. The molecular weight excluding hydrogens is 1910 g/mol. The summed E-state index contributed by atoms with van der Waals surface area (Å²) in [6, 6.07) is 44.4. The van der Waals surface area contributed by atoms with Gasteiger partial charge >= 0.3 is 47.8 Å². The number of nitrogens with zero attached hydrogens (tertiary/aromatic N) is 1. The molecule has 1 amide bonds. The molecule has 13 aliphatic rings. The normalized spacial score (nSPS) is 37.8. The molecule has 10 fully saturated rings. The van der Waals surface area contributed by atoms with E-state index < -0.39 is 241 Å². The van der Waals surface area contributed by atoms with E-state index in [0.717, 1.165) is 5.56 Å². The number of ketones is 3. The molecule has 804 valence electrons. The number of benzene rings is 5. The molecule has 4 heterocycles. The van der Waals surface area contributed by atoms with Crippen LogP contribution in [0, 0.1) is 79.8 Å². The molecule has 10 N–H and O–H groups in total. The van der Waals surface area contributed by atoms with Crippen LogP contribution in [0.2, 0.25) is 0 Å². The first-order chi connectivity index (χ1) is 68.6. The predicted octanol–water partition coefficient (Wildman–Crippen LogP) is 11.6. The number of likely N-dealkylation sites (tertiary alicyclic amines) is 1. The van der Waals surface area contributed by atoms with Crippen LogP contribution in [0.1, 0.15) is 246 Å². The maximum atomic E-state index is 15.0. The number of rotatable bonds is 15. The number of aliphatic hydroxyl groups is 9. The second-order valence-electron chi connectivity index (χ2n) is 45.1. The number of carboxylic acids is 1. The molecule has 0 spiro atoms. The van der Waals surface area contributed by atoms with Crippen LogP contribution in [0.25, 0.3) is 0 Å². The van der Waals surface area contributed by atoms with E-state index in [2.05, 4.69) is 12.1 Å². The lowest BCUT2D eigenvalue weighted by Crippen LogP contribution is -2.81. The maximum Gasteiger partial charge on any atom is 0.338 e. The van der Waals surface area contributed by atoms with Crippen molar-refractivity contribution in [3.63, 3.8) is 0 Å². The van der Waals surface area contributed by atoms with Crippen molar-refractivity contribution >= 4 is 71.0 Å². The molecule has 0 radical (unpaired) electrons. The Bertz CT molecular complexity index is 5800. The van der Waals surface area contributed by atoms with E-state index in [0.29, 0.717) is 39.9 Å². The van der Waals surface area contributed by atoms with Gasteiger partial charge in [-0.3, -0.25) is 33.6 Å². The minimum atomic E-state index is -2.08. The number of aliphatic hydroxyl groups excluding tert-OH is 6. The highest BCUT2D eigenvalue weighted by Crippen LogP contribution is 2.70. The number of β-lactam (4-membered cyclic amide) rings is 1. The van der Waals surface area contributed by atoms with Crippen molar-refractivity contribution in [2.24, 2.45) is 79.8 Å². The highest BCUT2D eigenvalue weighted by molar-refractivity contribution is 5.96. The van der Waals surface area contributed by atoms with E-state index in [1.807, 2.05) is 72.9 Å². The average molecular weight is 2060 g/mol. The van der Waals surface area contributed by atoms with E-state index in [1.165, 1.54) is 26.3 Å². The zero-order valence-electron chi connectivity index (χ0n) is 87.6. The molecule has 6 bridgehead atoms. The third-order valence-corrected chi connectivity index (χ3v) is 36.4. The van der Waals surface area contributed by atoms with Crippen molar-refractivity contribution in [2.75, 3.05) is 33.5 Å². The zero-order chi connectivity index (χ0) is 108. The van der Waals surface area contributed by atoms with Crippen LogP contribution in [-0.4, -0.2) is 267 Å². The van der Waals surface area contributed by atoms with Crippen LogP contribution in [0.4, 0.5) is 0 Å². The Kier molecular flexibility index (Phi) is 32.2. The summed E-state index contributed by atoms with van der Waals surface area (Å²) < 4.78 is 60.6. The van der Waals surface area contributed by atoms with Gasteiger partial charge in [0.25, 0.3) is 0 Å². The number of amides is 1.